The molecule has 0 fully saturated rings. The van der Waals surface area contributed by atoms with Gasteiger partial charge in [-0.15, -0.1) is 0 Å². The fraction of sp³-hybridized carbons (Fsp3) is 0.212. The Morgan fingerprint density at radius 1 is 0.833 bits per heavy atom. The van der Waals surface area contributed by atoms with Crippen molar-refractivity contribution in [2.45, 2.75) is 37.9 Å². The van der Waals surface area contributed by atoms with E-state index in [1.807, 2.05) is 68.4 Å². The standard InChI is InChI=1S/C33H33N3O5S/c1-24-12-16-27(17-13-24)21-35(42(39,40)28-18-14-25(2)15-19-28)23-32(37)36-22-31(41-30-11-7-6-10-29(30)36)33(38)34-20-26-8-4-3-5-9-26/h3-19,31H,20-23H2,1-2H3,(H,34,38)/t31-/m0/s1. The average Bonchev–Trinajstić information content (AvgIpc) is 3.00. The molecule has 4 aromatic carbocycles. The Morgan fingerprint density at radius 3 is 2.14 bits per heavy atom. The molecule has 0 aliphatic carbocycles. The molecule has 42 heavy (non-hydrogen) atoms. The zero-order chi connectivity index (χ0) is 29.7. The maximum Gasteiger partial charge on any atom is 0.263 e. The number of fused-ring (bicyclic) bond motifs is 1. The quantitative estimate of drug-likeness (QED) is 0.311. The van der Waals surface area contributed by atoms with E-state index in [0.717, 1.165) is 22.3 Å². The lowest BCUT2D eigenvalue weighted by Crippen LogP contribution is -2.52. The maximum absolute atomic E-state index is 13.9. The second-order valence-corrected chi connectivity index (χ2v) is 12.3. The molecule has 4 aromatic rings. The minimum Gasteiger partial charge on any atom is -0.477 e. The Kier molecular flexibility index (Phi) is 8.70. The van der Waals surface area contributed by atoms with Gasteiger partial charge in [0.25, 0.3) is 5.91 Å². The Hall–Kier alpha value is -4.47. The molecule has 1 atom stereocenters. The van der Waals surface area contributed by atoms with Crippen LogP contribution in [-0.4, -0.2) is 43.7 Å². The van der Waals surface area contributed by atoms with E-state index >= 15 is 0 Å². The summed E-state index contributed by atoms with van der Waals surface area (Å²) in [5.41, 5.74) is 4.14. The number of anilines is 1. The van der Waals surface area contributed by atoms with Crippen LogP contribution in [0.2, 0.25) is 0 Å². The molecule has 5 rings (SSSR count). The molecule has 1 aliphatic rings. The summed E-state index contributed by atoms with van der Waals surface area (Å²) in [6.07, 6.45) is -0.966. The number of amides is 2. The molecule has 0 aromatic heterocycles. The van der Waals surface area contributed by atoms with E-state index in [0.29, 0.717) is 18.0 Å². The largest absolute Gasteiger partial charge is 0.477 e. The predicted octanol–water partition coefficient (Wildman–Crippen LogP) is 4.60. The second-order valence-electron chi connectivity index (χ2n) is 10.4. The number of carbonyl (C=O) groups is 2. The second kappa shape index (κ2) is 12.6. The summed E-state index contributed by atoms with van der Waals surface area (Å²) in [4.78, 5) is 28.6. The van der Waals surface area contributed by atoms with Crippen molar-refractivity contribution in [3.63, 3.8) is 0 Å². The average molecular weight is 584 g/mol. The van der Waals surface area contributed by atoms with Crippen LogP contribution in [0.25, 0.3) is 0 Å². The highest BCUT2D eigenvalue weighted by Crippen LogP contribution is 2.33. The van der Waals surface area contributed by atoms with Gasteiger partial charge in [0.1, 0.15) is 5.75 Å². The summed E-state index contributed by atoms with van der Waals surface area (Å²) in [6.45, 7) is 3.68. The van der Waals surface area contributed by atoms with Gasteiger partial charge in [0.15, 0.2) is 6.10 Å². The van der Waals surface area contributed by atoms with E-state index in [-0.39, 0.29) is 23.9 Å². The van der Waals surface area contributed by atoms with Crippen LogP contribution >= 0.6 is 0 Å². The van der Waals surface area contributed by atoms with Gasteiger partial charge in [-0.05, 0) is 49.2 Å². The molecule has 1 aliphatic heterocycles. The number of rotatable bonds is 9. The van der Waals surface area contributed by atoms with Crippen LogP contribution in [0, 0.1) is 13.8 Å². The number of hydrogen-bond donors (Lipinski definition) is 1. The number of para-hydroxylation sites is 2. The number of nitrogens with zero attached hydrogens (tertiary/aromatic N) is 2. The zero-order valence-electron chi connectivity index (χ0n) is 23.6. The van der Waals surface area contributed by atoms with Gasteiger partial charge in [-0.2, -0.15) is 4.31 Å². The summed E-state index contributed by atoms with van der Waals surface area (Å²) in [7, 11) is -4.03. The van der Waals surface area contributed by atoms with Gasteiger partial charge in [0.2, 0.25) is 15.9 Å². The van der Waals surface area contributed by atoms with E-state index in [1.54, 1.807) is 48.5 Å². The Labute approximate surface area is 246 Å². The van der Waals surface area contributed by atoms with Crippen LogP contribution in [0.3, 0.4) is 0 Å². The molecule has 1 heterocycles. The normalized spacial score (nSPS) is 14.6. The molecule has 0 spiro atoms. The highest BCUT2D eigenvalue weighted by Gasteiger charge is 2.36. The minimum absolute atomic E-state index is 0.00913. The lowest BCUT2D eigenvalue weighted by molar-refractivity contribution is -0.128. The molecule has 2 amide bonds. The first kappa shape index (κ1) is 29.0. The molecule has 0 unspecified atom stereocenters. The molecule has 0 saturated carbocycles. The van der Waals surface area contributed by atoms with Crippen molar-refractivity contribution in [3.05, 3.63) is 125 Å². The zero-order valence-corrected chi connectivity index (χ0v) is 24.4. The number of aryl methyl sites for hydroxylation is 2. The fourth-order valence-electron chi connectivity index (χ4n) is 4.72. The number of benzene rings is 4. The molecule has 0 bridgehead atoms. The predicted molar refractivity (Wildman–Crippen MR) is 161 cm³/mol. The van der Waals surface area contributed by atoms with Crippen molar-refractivity contribution in [2.75, 3.05) is 18.0 Å². The van der Waals surface area contributed by atoms with Crippen molar-refractivity contribution in [2.24, 2.45) is 0 Å². The molecule has 0 radical (unpaired) electrons. The summed E-state index contributed by atoms with van der Waals surface area (Å²) >= 11 is 0. The van der Waals surface area contributed by atoms with Crippen molar-refractivity contribution in [3.8, 4) is 5.75 Å². The Balaban J connectivity index is 1.40. The summed E-state index contributed by atoms with van der Waals surface area (Å²) in [5, 5.41) is 2.88. The molecular formula is C33H33N3O5S. The van der Waals surface area contributed by atoms with Gasteiger partial charge < -0.3 is 15.0 Å². The molecule has 216 valence electrons. The third-order valence-corrected chi connectivity index (χ3v) is 8.93. The number of sulfonamides is 1. The van der Waals surface area contributed by atoms with Crippen molar-refractivity contribution in [1.29, 1.82) is 0 Å². The van der Waals surface area contributed by atoms with Crippen molar-refractivity contribution in [1.82, 2.24) is 9.62 Å². The minimum atomic E-state index is -4.03. The van der Waals surface area contributed by atoms with Gasteiger partial charge in [-0.3, -0.25) is 9.59 Å². The van der Waals surface area contributed by atoms with E-state index in [9.17, 15) is 18.0 Å². The third-order valence-electron chi connectivity index (χ3n) is 7.13. The maximum atomic E-state index is 13.9. The van der Waals surface area contributed by atoms with Crippen molar-refractivity contribution < 1.29 is 22.7 Å². The molecule has 9 heteroatoms. The van der Waals surface area contributed by atoms with E-state index in [2.05, 4.69) is 5.32 Å². The van der Waals surface area contributed by atoms with Gasteiger partial charge in [0.05, 0.1) is 23.7 Å². The van der Waals surface area contributed by atoms with Gasteiger partial charge in [-0.25, -0.2) is 8.42 Å². The molecular weight excluding hydrogens is 550 g/mol. The van der Waals surface area contributed by atoms with E-state index in [4.69, 9.17) is 4.74 Å². The van der Waals surface area contributed by atoms with Crippen LogP contribution in [0.15, 0.2) is 108 Å². The van der Waals surface area contributed by atoms with Crippen LogP contribution in [0.5, 0.6) is 5.75 Å². The SMILES string of the molecule is Cc1ccc(CN(CC(=O)N2C[C@@H](C(=O)NCc3ccccc3)Oc3ccccc32)S(=O)(=O)c2ccc(C)cc2)cc1. The van der Waals surface area contributed by atoms with E-state index in [1.165, 1.54) is 9.21 Å². The highest BCUT2D eigenvalue weighted by molar-refractivity contribution is 7.89. The smallest absolute Gasteiger partial charge is 0.263 e. The molecule has 0 saturated heterocycles. The van der Waals surface area contributed by atoms with Gasteiger partial charge in [-0.1, -0.05) is 90.0 Å². The topological polar surface area (TPSA) is 96.0 Å². The van der Waals surface area contributed by atoms with Crippen LogP contribution < -0.4 is 15.0 Å². The molecule has 1 N–H and O–H groups in total. The number of ether oxygens (including phenoxy) is 1. The first-order valence-electron chi connectivity index (χ1n) is 13.7. The first-order chi connectivity index (χ1) is 20.2. The Morgan fingerprint density at radius 2 is 1.45 bits per heavy atom. The van der Waals surface area contributed by atoms with E-state index < -0.39 is 28.6 Å². The lowest BCUT2D eigenvalue weighted by atomic mass is 10.1. The number of nitrogens with one attached hydrogen (secondary N) is 1. The summed E-state index contributed by atoms with van der Waals surface area (Å²) < 4.78 is 34.8. The third kappa shape index (κ3) is 6.70. The highest BCUT2D eigenvalue weighted by atomic mass is 32.2. The number of hydrogen-bond acceptors (Lipinski definition) is 5. The van der Waals surface area contributed by atoms with Gasteiger partial charge >= 0.3 is 0 Å². The molecule has 8 nitrogen and oxygen atoms in total. The van der Waals surface area contributed by atoms with Crippen LogP contribution in [0.4, 0.5) is 5.69 Å². The van der Waals surface area contributed by atoms with Gasteiger partial charge in [0, 0.05) is 13.1 Å². The first-order valence-corrected chi connectivity index (χ1v) is 15.1. The van der Waals surface area contributed by atoms with Crippen LogP contribution in [0.1, 0.15) is 22.3 Å². The lowest BCUT2D eigenvalue weighted by Gasteiger charge is -2.35. The Bertz CT molecular complexity index is 1660. The van der Waals surface area contributed by atoms with Crippen LogP contribution in [-0.2, 0) is 32.7 Å². The fourth-order valence-corrected chi connectivity index (χ4v) is 6.10. The summed E-state index contributed by atoms with van der Waals surface area (Å²) in [5.74, 6) is -0.451. The summed E-state index contributed by atoms with van der Waals surface area (Å²) in [6, 6.07) is 30.5. The number of carbonyl (C=O) groups excluding carboxylic acids is 2. The van der Waals surface area contributed by atoms with Crippen molar-refractivity contribution >= 4 is 27.5 Å². The monoisotopic (exact) mass is 583 g/mol.